The Bertz CT molecular complexity index is 394. The van der Waals surface area contributed by atoms with Gasteiger partial charge in [-0.05, 0) is 36.8 Å². The molecule has 0 aliphatic rings. The molecule has 1 heteroatoms. The highest BCUT2D eigenvalue weighted by Crippen LogP contribution is 2.26. The number of benzene rings is 1. The molecule has 0 heterocycles. The van der Waals surface area contributed by atoms with Gasteiger partial charge in [0.05, 0.1) is 0 Å². The molecule has 1 aromatic rings. The summed E-state index contributed by atoms with van der Waals surface area (Å²) in [6.07, 6.45) is 14.2. The van der Waals surface area contributed by atoms with Crippen LogP contribution < -0.4 is 0 Å². The van der Waals surface area contributed by atoms with E-state index >= 15 is 0 Å². The molecule has 1 atom stereocenters. The standard InChI is InChI=1S/C21H34O/c1-3-5-7-9-12-16-19(15-11-8-6-4-2)21(22)20-17-13-10-14-18-20/h10,13-14,16-18,21-22H,3-9,11-12,15H2,1-2H3/b19-16+. The summed E-state index contributed by atoms with van der Waals surface area (Å²) in [5.74, 6) is 0. The zero-order valence-corrected chi connectivity index (χ0v) is 14.6. The van der Waals surface area contributed by atoms with Crippen LogP contribution in [0.4, 0.5) is 0 Å². The van der Waals surface area contributed by atoms with Crippen LogP contribution in [-0.2, 0) is 0 Å². The maximum atomic E-state index is 10.7. The molecule has 1 unspecified atom stereocenters. The van der Waals surface area contributed by atoms with Gasteiger partial charge in [-0.2, -0.15) is 0 Å². The zero-order chi connectivity index (χ0) is 16.0. The minimum atomic E-state index is -0.422. The summed E-state index contributed by atoms with van der Waals surface area (Å²) >= 11 is 0. The molecule has 0 aliphatic heterocycles. The van der Waals surface area contributed by atoms with Gasteiger partial charge in [-0.3, -0.25) is 0 Å². The van der Waals surface area contributed by atoms with Crippen LogP contribution in [0.2, 0.25) is 0 Å². The van der Waals surface area contributed by atoms with Crippen LogP contribution in [0.3, 0.4) is 0 Å². The van der Waals surface area contributed by atoms with Gasteiger partial charge >= 0.3 is 0 Å². The number of aliphatic hydroxyl groups is 1. The van der Waals surface area contributed by atoms with Crippen molar-refractivity contribution in [2.45, 2.75) is 84.2 Å². The molecular weight excluding hydrogens is 268 g/mol. The third-order valence-electron chi connectivity index (χ3n) is 4.25. The van der Waals surface area contributed by atoms with Crippen molar-refractivity contribution >= 4 is 0 Å². The summed E-state index contributed by atoms with van der Waals surface area (Å²) in [7, 11) is 0. The first-order valence-corrected chi connectivity index (χ1v) is 9.21. The van der Waals surface area contributed by atoms with E-state index in [0.717, 1.165) is 18.4 Å². The van der Waals surface area contributed by atoms with Crippen molar-refractivity contribution in [2.24, 2.45) is 0 Å². The van der Waals surface area contributed by atoms with Crippen LogP contribution >= 0.6 is 0 Å². The first kappa shape index (κ1) is 19.0. The van der Waals surface area contributed by atoms with Gasteiger partial charge in [0.25, 0.3) is 0 Å². The van der Waals surface area contributed by atoms with Crippen LogP contribution in [0.25, 0.3) is 0 Å². The largest absolute Gasteiger partial charge is 0.384 e. The van der Waals surface area contributed by atoms with Crippen LogP contribution in [0.15, 0.2) is 42.0 Å². The highest BCUT2D eigenvalue weighted by molar-refractivity contribution is 5.25. The molecule has 1 nitrogen and oxygen atoms in total. The molecule has 124 valence electrons. The Labute approximate surface area is 137 Å². The second kappa shape index (κ2) is 12.5. The van der Waals surface area contributed by atoms with Gasteiger partial charge in [0.1, 0.15) is 6.10 Å². The van der Waals surface area contributed by atoms with Crippen LogP contribution in [0.1, 0.15) is 89.7 Å². The Hall–Kier alpha value is -1.08. The van der Waals surface area contributed by atoms with Crippen molar-refractivity contribution in [3.63, 3.8) is 0 Å². The first-order valence-electron chi connectivity index (χ1n) is 9.21. The molecule has 0 fully saturated rings. The smallest absolute Gasteiger partial charge is 0.100 e. The average molecular weight is 303 g/mol. The molecule has 0 bridgehead atoms. The second-order valence-corrected chi connectivity index (χ2v) is 6.25. The lowest BCUT2D eigenvalue weighted by atomic mass is 9.95. The summed E-state index contributed by atoms with van der Waals surface area (Å²) in [4.78, 5) is 0. The first-order chi connectivity index (χ1) is 10.8. The number of aliphatic hydroxyl groups excluding tert-OH is 1. The predicted octanol–water partition coefficient (Wildman–Crippen LogP) is 6.59. The van der Waals surface area contributed by atoms with Gasteiger partial charge < -0.3 is 5.11 Å². The fourth-order valence-corrected chi connectivity index (χ4v) is 2.81. The van der Waals surface area contributed by atoms with Crippen molar-refractivity contribution in [3.05, 3.63) is 47.5 Å². The van der Waals surface area contributed by atoms with Crippen molar-refractivity contribution < 1.29 is 5.11 Å². The minimum Gasteiger partial charge on any atom is -0.384 e. The van der Waals surface area contributed by atoms with E-state index in [1.807, 2.05) is 30.3 Å². The van der Waals surface area contributed by atoms with E-state index in [9.17, 15) is 5.11 Å². The van der Waals surface area contributed by atoms with E-state index in [2.05, 4.69) is 19.9 Å². The number of unbranched alkanes of at least 4 members (excludes halogenated alkanes) is 7. The minimum absolute atomic E-state index is 0.422. The Morgan fingerprint density at radius 2 is 1.55 bits per heavy atom. The molecule has 0 aliphatic carbocycles. The molecule has 0 aromatic heterocycles. The molecule has 0 saturated heterocycles. The number of hydrogen-bond acceptors (Lipinski definition) is 1. The second-order valence-electron chi connectivity index (χ2n) is 6.25. The highest BCUT2D eigenvalue weighted by Gasteiger charge is 2.12. The van der Waals surface area contributed by atoms with Crippen molar-refractivity contribution in [1.29, 1.82) is 0 Å². The Morgan fingerprint density at radius 3 is 2.18 bits per heavy atom. The van der Waals surface area contributed by atoms with Gasteiger partial charge in [0.2, 0.25) is 0 Å². The molecule has 22 heavy (non-hydrogen) atoms. The third-order valence-corrected chi connectivity index (χ3v) is 4.25. The van der Waals surface area contributed by atoms with E-state index in [1.165, 1.54) is 56.9 Å². The van der Waals surface area contributed by atoms with Crippen LogP contribution in [0, 0.1) is 0 Å². The van der Waals surface area contributed by atoms with Gasteiger partial charge in [-0.15, -0.1) is 0 Å². The summed E-state index contributed by atoms with van der Waals surface area (Å²) in [6, 6.07) is 10.1. The molecule has 0 spiro atoms. The van der Waals surface area contributed by atoms with Gasteiger partial charge in [0, 0.05) is 0 Å². The summed E-state index contributed by atoms with van der Waals surface area (Å²) < 4.78 is 0. The van der Waals surface area contributed by atoms with Gasteiger partial charge in [-0.1, -0.05) is 88.8 Å². The maximum absolute atomic E-state index is 10.7. The van der Waals surface area contributed by atoms with E-state index in [0.29, 0.717) is 0 Å². The van der Waals surface area contributed by atoms with Crippen molar-refractivity contribution in [2.75, 3.05) is 0 Å². The van der Waals surface area contributed by atoms with Crippen molar-refractivity contribution in [3.8, 4) is 0 Å². The maximum Gasteiger partial charge on any atom is 0.100 e. The normalized spacial score (nSPS) is 13.3. The molecule has 0 saturated carbocycles. The molecule has 0 radical (unpaired) electrons. The van der Waals surface area contributed by atoms with E-state index < -0.39 is 6.10 Å². The summed E-state index contributed by atoms with van der Waals surface area (Å²) in [6.45, 7) is 4.48. The summed E-state index contributed by atoms with van der Waals surface area (Å²) in [5.41, 5.74) is 2.25. The Balaban J connectivity index is 2.57. The molecule has 1 N–H and O–H groups in total. The van der Waals surface area contributed by atoms with E-state index in [-0.39, 0.29) is 0 Å². The molecule has 1 aromatic carbocycles. The highest BCUT2D eigenvalue weighted by atomic mass is 16.3. The Morgan fingerprint density at radius 1 is 0.909 bits per heavy atom. The lowest BCUT2D eigenvalue weighted by Gasteiger charge is -2.16. The third kappa shape index (κ3) is 7.79. The quantitative estimate of drug-likeness (QED) is 0.341. The SMILES string of the molecule is CCCCCC/C=C(\CCCCCC)C(O)c1ccccc1. The topological polar surface area (TPSA) is 20.2 Å². The van der Waals surface area contributed by atoms with E-state index in [1.54, 1.807) is 0 Å². The fourth-order valence-electron chi connectivity index (χ4n) is 2.81. The van der Waals surface area contributed by atoms with Crippen molar-refractivity contribution in [1.82, 2.24) is 0 Å². The van der Waals surface area contributed by atoms with Crippen LogP contribution in [-0.4, -0.2) is 5.11 Å². The number of rotatable bonds is 12. The summed E-state index contributed by atoms with van der Waals surface area (Å²) in [5, 5.41) is 10.7. The molecule has 1 rings (SSSR count). The fraction of sp³-hybridized carbons (Fsp3) is 0.619. The predicted molar refractivity (Wildman–Crippen MR) is 97.0 cm³/mol. The lowest BCUT2D eigenvalue weighted by molar-refractivity contribution is 0.210. The zero-order valence-electron chi connectivity index (χ0n) is 14.6. The molecular formula is C21H34O. The van der Waals surface area contributed by atoms with Gasteiger partial charge in [0.15, 0.2) is 0 Å². The van der Waals surface area contributed by atoms with Crippen LogP contribution in [0.5, 0.6) is 0 Å². The Kier molecular flexibility index (Phi) is 10.7. The number of hydrogen-bond donors (Lipinski definition) is 1. The van der Waals surface area contributed by atoms with E-state index in [4.69, 9.17) is 0 Å². The lowest BCUT2D eigenvalue weighted by Crippen LogP contribution is -2.02. The van der Waals surface area contributed by atoms with Gasteiger partial charge in [-0.25, -0.2) is 0 Å². The number of allylic oxidation sites excluding steroid dienone is 1. The molecule has 0 amide bonds. The monoisotopic (exact) mass is 302 g/mol. The average Bonchev–Trinajstić information content (AvgIpc) is 2.56.